The van der Waals surface area contributed by atoms with Crippen LogP contribution in [0.4, 0.5) is 10.1 Å². The van der Waals surface area contributed by atoms with Gasteiger partial charge in [-0.15, -0.1) is 0 Å². The second-order valence-electron chi connectivity index (χ2n) is 6.09. The van der Waals surface area contributed by atoms with E-state index in [0.717, 1.165) is 11.1 Å². The first-order chi connectivity index (χ1) is 11.5. The zero-order chi connectivity index (χ0) is 17.2. The molecule has 0 aliphatic heterocycles. The Kier molecular flexibility index (Phi) is 4.30. The number of ketones is 1. The zero-order valence-electron chi connectivity index (χ0n) is 13.2. The Bertz CT molecular complexity index is 774. The van der Waals surface area contributed by atoms with Crippen LogP contribution in [-0.4, -0.2) is 11.7 Å². The van der Waals surface area contributed by atoms with Crippen LogP contribution in [0, 0.1) is 11.2 Å². The van der Waals surface area contributed by atoms with E-state index in [1.807, 2.05) is 12.1 Å². The van der Waals surface area contributed by atoms with E-state index < -0.39 is 5.41 Å². The molecule has 1 N–H and O–H groups in total. The smallest absolute Gasteiger partial charge is 0.238 e. The van der Waals surface area contributed by atoms with E-state index in [9.17, 15) is 14.0 Å². The zero-order valence-corrected chi connectivity index (χ0v) is 13.2. The number of anilines is 1. The van der Waals surface area contributed by atoms with Crippen molar-refractivity contribution < 1.29 is 14.0 Å². The molecule has 1 aliphatic rings. The third kappa shape index (κ3) is 3.27. The lowest BCUT2D eigenvalue weighted by Gasteiger charge is -2.14. The topological polar surface area (TPSA) is 46.2 Å². The van der Waals surface area contributed by atoms with Gasteiger partial charge in [-0.25, -0.2) is 4.39 Å². The number of hydrogen-bond donors (Lipinski definition) is 1. The first kappa shape index (κ1) is 16.1. The molecule has 1 fully saturated rings. The van der Waals surface area contributed by atoms with Crippen LogP contribution in [0.15, 0.2) is 55.1 Å². The molecule has 0 heterocycles. The molecule has 0 atom stereocenters. The number of amides is 1. The first-order valence-corrected chi connectivity index (χ1v) is 7.85. The number of Topliss-reactive ketones (excluding diaryl/α,β-unsaturated/α-hetero) is 1. The van der Waals surface area contributed by atoms with Gasteiger partial charge in [-0.2, -0.15) is 0 Å². The second-order valence-corrected chi connectivity index (χ2v) is 6.09. The van der Waals surface area contributed by atoms with Gasteiger partial charge in [0.25, 0.3) is 0 Å². The van der Waals surface area contributed by atoms with Crippen molar-refractivity contribution in [3.05, 3.63) is 72.1 Å². The minimum Gasteiger partial charge on any atom is -0.325 e. The standard InChI is InChI=1S/C20H18FNO2/c1-2-14-5-9-17(10-6-14)22-19(24)20(11-12-20)18(23)13-15-3-7-16(21)8-4-15/h2-10H,1,11-13H2,(H,22,24). The van der Waals surface area contributed by atoms with Crippen LogP contribution >= 0.6 is 0 Å². The fraction of sp³-hybridized carbons (Fsp3) is 0.200. The Hall–Kier alpha value is -2.75. The van der Waals surface area contributed by atoms with Gasteiger partial charge in [0, 0.05) is 12.1 Å². The van der Waals surface area contributed by atoms with E-state index in [0.29, 0.717) is 18.5 Å². The molecule has 1 amide bonds. The highest BCUT2D eigenvalue weighted by Gasteiger charge is 2.55. The van der Waals surface area contributed by atoms with E-state index in [2.05, 4.69) is 11.9 Å². The second kappa shape index (κ2) is 6.40. The minimum absolute atomic E-state index is 0.116. The molecule has 2 aromatic rings. The lowest BCUT2D eigenvalue weighted by Crippen LogP contribution is -2.32. The summed E-state index contributed by atoms with van der Waals surface area (Å²) in [7, 11) is 0. The fourth-order valence-electron chi connectivity index (χ4n) is 2.67. The molecular formula is C20H18FNO2. The summed E-state index contributed by atoms with van der Waals surface area (Å²) < 4.78 is 12.9. The van der Waals surface area contributed by atoms with Crippen molar-refractivity contribution in [2.24, 2.45) is 5.41 Å². The third-order valence-electron chi connectivity index (χ3n) is 4.40. The van der Waals surface area contributed by atoms with Crippen LogP contribution in [0.1, 0.15) is 24.0 Å². The highest BCUT2D eigenvalue weighted by molar-refractivity contribution is 6.14. The maximum atomic E-state index is 12.9. The lowest BCUT2D eigenvalue weighted by molar-refractivity contribution is -0.132. The number of halogens is 1. The van der Waals surface area contributed by atoms with E-state index in [4.69, 9.17) is 0 Å². The lowest BCUT2D eigenvalue weighted by atomic mass is 9.94. The molecule has 0 spiro atoms. The van der Waals surface area contributed by atoms with Crippen molar-refractivity contribution >= 4 is 23.5 Å². The monoisotopic (exact) mass is 323 g/mol. The van der Waals surface area contributed by atoms with Crippen LogP contribution < -0.4 is 5.32 Å². The van der Waals surface area contributed by atoms with Crippen molar-refractivity contribution in [2.75, 3.05) is 5.32 Å². The van der Waals surface area contributed by atoms with Gasteiger partial charge in [-0.3, -0.25) is 9.59 Å². The van der Waals surface area contributed by atoms with Crippen molar-refractivity contribution in [1.82, 2.24) is 0 Å². The maximum Gasteiger partial charge on any atom is 0.238 e. The highest BCUT2D eigenvalue weighted by Crippen LogP contribution is 2.48. The number of nitrogens with one attached hydrogen (secondary N) is 1. The molecule has 0 saturated heterocycles. The summed E-state index contributed by atoms with van der Waals surface area (Å²) in [5.74, 6) is -0.719. The minimum atomic E-state index is -0.939. The molecule has 3 rings (SSSR count). The van der Waals surface area contributed by atoms with Crippen LogP contribution in [-0.2, 0) is 16.0 Å². The normalized spacial score (nSPS) is 14.7. The summed E-state index contributed by atoms with van der Waals surface area (Å²) >= 11 is 0. The maximum absolute atomic E-state index is 12.9. The number of carbonyl (C=O) groups excluding carboxylic acids is 2. The summed E-state index contributed by atoms with van der Waals surface area (Å²) in [6.07, 6.45) is 2.98. The number of benzene rings is 2. The Morgan fingerprint density at radius 2 is 1.71 bits per heavy atom. The Balaban J connectivity index is 1.67. The number of carbonyl (C=O) groups is 2. The molecule has 0 aromatic heterocycles. The molecule has 2 aromatic carbocycles. The van der Waals surface area contributed by atoms with Crippen LogP contribution in [0.2, 0.25) is 0 Å². The average molecular weight is 323 g/mol. The predicted octanol–water partition coefficient (Wildman–Crippen LogP) is 4.00. The van der Waals surface area contributed by atoms with Crippen LogP contribution in [0.25, 0.3) is 6.08 Å². The van der Waals surface area contributed by atoms with Gasteiger partial charge < -0.3 is 5.32 Å². The van der Waals surface area contributed by atoms with Gasteiger partial charge in [-0.05, 0) is 48.2 Å². The van der Waals surface area contributed by atoms with Crippen LogP contribution in [0.5, 0.6) is 0 Å². The van der Waals surface area contributed by atoms with Crippen molar-refractivity contribution in [3.8, 4) is 0 Å². The molecule has 122 valence electrons. The summed E-state index contributed by atoms with van der Waals surface area (Å²) in [6.45, 7) is 3.68. The van der Waals surface area contributed by atoms with E-state index in [-0.39, 0.29) is 23.9 Å². The molecule has 1 aliphatic carbocycles. The molecule has 1 saturated carbocycles. The summed E-state index contributed by atoms with van der Waals surface area (Å²) in [5, 5.41) is 2.82. The Morgan fingerprint density at radius 3 is 2.25 bits per heavy atom. The van der Waals surface area contributed by atoms with E-state index >= 15 is 0 Å². The van der Waals surface area contributed by atoms with Gasteiger partial charge in [0.05, 0.1) is 0 Å². The third-order valence-corrected chi connectivity index (χ3v) is 4.40. The Labute approximate surface area is 140 Å². The van der Waals surface area contributed by atoms with E-state index in [1.165, 1.54) is 12.1 Å². The molecule has 24 heavy (non-hydrogen) atoms. The average Bonchev–Trinajstić information content (AvgIpc) is 3.39. The molecule has 4 heteroatoms. The largest absolute Gasteiger partial charge is 0.325 e. The molecule has 0 bridgehead atoms. The fourth-order valence-corrected chi connectivity index (χ4v) is 2.67. The quantitative estimate of drug-likeness (QED) is 0.817. The first-order valence-electron chi connectivity index (χ1n) is 7.85. The summed E-state index contributed by atoms with van der Waals surface area (Å²) in [5.41, 5.74) is 1.40. The van der Waals surface area contributed by atoms with Gasteiger partial charge in [0.2, 0.25) is 5.91 Å². The van der Waals surface area contributed by atoms with Gasteiger partial charge in [0.15, 0.2) is 5.78 Å². The molecule has 0 radical (unpaired) electrons. The number of hydrogen-bond acceptors (Lipinski definition) is 2. The highest BCUT2D eigenvalue weighted by atomic mass is 19.1. The molecule has 0 unspecified atom stereocenters. The van der Waals surface area contributed by atoms with Crippen molar-refractivity contribution in [3.63, 3.8) is 0 Å². The predicted molar refractivity (Wildman–Crippen MR) is 91.9 cm³/mol. The summed E-state index contributed by atoms with van der Waals surface area (Å²) in [6, 6.07) is 13.1. The molecule has 3 nitrogen and oxygen atoms in total. The SMILES string of the molecule is C=Cc1ccc(NC(=O)C2(C(=O)Cc3ccc(F)cc3)CC2)cc1. The summed E-state index contributed by atoms with van der Waals surface area (Å²) in [4.78, 5) is 25.1. The van der Waals surface area contributed by atoms with Crippen LogP contribution in [0.3, 0.4) is 0 Å². The van der Waals surface area contributed by atoms with Crippen molar-refractivity contribution in [1.29, 1.82) is 0 Å². The van der Waals surface area contributed by atoms with Gasteiger partial charge in [0.1, 0.15) is 11.2 Å². The molecular weight excluding hydrogens is 305 g/mol. The van der Waals surface area contributed by atoms with E-state index in [1.54, 1.807) is 30.3 Å². The number of rotatable bonds is 6. The Morgan fingerprint density at radius 1 is 1.08 bits per heavy atom. The van der Waals surface area contributed by atoms with Crippen molar-refractivity contribution in [2.45, 2.75) is 19.3 Å². The van der Waals surface area contributed by atoms with Gasteiger partial charge in [-0.1, -0.05) is 36.9 Å². The van der Waals surface area contributed by atoms with Gasteiger partial charge >= 0.3 is 0 Å².